The number of nitrogens with one attached hydrogen (secondary N) is 2. The number of aryl methyl sites for hydroxylation is 1. The number of methoxy groups -OCH3 is 1. The monoisotopic (exact) mass is 355 g/mol. The second-order valence-corrected chi connectivity index (χ2v) is 6.99. The Morgan fingerprint density at radius 1 is 1.38 bits per heavy atom. The molecular weight excluding hydrogens is 336 g/mol. The van der Waals surface area contributed by atoms with E-state index in [1.54, 1.807) is 27.9 Å². The van der Waals surface area contributed by atoms with Crippen LogP contribution in [0.2, 0.25) is 0 Å². The van der Waals surface area contributed by atoms with E-state index in [1.807, 2.05) is 7.05 Å². The average molecular weight is 355 g/mol. The fourth-order valence-corrected chi connectivity index (χ4v) is 2.63. The van der Waals surface area contributed by atoms with E-state index < -0.39 is 10.0 Å². The molecule has 0 fully saturated rings. The van der Waals surface area contributed by atoms with Crippen molar-refractivity contribution in [2.45, 2.75) is 6.54 Å². The SMILES string of the molecule is COc1cc(NS(C)(=O)=O)c(O)cc1NC(=O)Cn1cc[n+](C)c1. The highest BCUT2D eigenvalue weighted by atomic mass is 32.2. The number of phenols is 1. The number of nitrogens with zero attached hydrogens (tertiary/aromatic N) is 2. The second-order valence-electron chi connectivity index (χ2n) is 5.24. The molecule has 0 spiro atoms. The van der Waals surface area contributed by atoms with Crippen molar-refractivity contribution in [3.63, 3.8) is 0 Å². The highest BCUT2D eigenvalue weighted by molar-refractivity contribution is 7.92. The van der Waals surface area contributed by atoms with E-state index >= 15 is 0 Å². The zero-order valence-corrected chi connectivity index (χ0v) is 14.3. The van der Waals surface area contributed by atoms with Gasteiger partial charge in [-0.2, -0.15) is 0 Å². The van der Waals surface area contributed by atoms with Crippen LogP contribution < -0.4 is 19.3 Å². The van der Waals surface area contributed by atoms with Crippen molar-refractivity contribution in [1.29, 1.82) is 0 Å². The maximum absolute atomic E-state index is 12.1. The lowest BCUT2D eigenvalue weighted by molar-refractivity contribution is -0.671. The van der Waals surface area contributed by atoms with Crippen molar-refractivity contribution >= 4 is 27.3 Å². The lowest BCUT2D eigenvalue weighted by Gasteiger charge is -2.13. The van der Waals surface area contributed by atoms with Gasteiger partial charge in [-0.15, -0.1) is 0 Å². The first-order valence-corrected chi connectivity index (χ1v) is 8.77. The van der Waals surface area contributed by atoms with Crippen molar-refractivity contribution in [3.05, 3.63) is 30.9 Å². The van der Waals surface area contributed by atoms with E-state index in [9.17, 15) is 18.3 Å². The van der Waals surface area contributed by atoms with Gasteiger partial charge in [-0.25, -0.2) is 17.6 Å². The number of benzene rings is 1. The maximum atomic E-state index is 12.1. The molecule has 2 rings (SSSR count). The second kappa shape index (κ2) is 6.79. The maximum Gasteiger partial charge on any atom is 0.266 e. The molecule has 0 aliphatic carbocycles. The number of hydrogen-bond acceptors (Lipinski definition) is 5. The molecule has 0 unspecified atom stereocenters. The predicted molar refractivity (Wildman–Crippen MR) is 87.4 cm³/mol. The smallest absolute Gasteiger partial charge is 0.266 e. The Morgan fingerprint density at radius 3 is 2.62 bits per heavy atom. The molecule has 1 amide bonds. The minimum atomic E-state index is -3.56. The predicted octanol–water partition coefficient (Wildman–Crippen LogP) is 0.0370. The summed E-state index contributed by atoms with van der Waals surface area (Å²) in [6.45, 7) is 0.0775. The summed E-state index contributed by atoms with van der Waals surface area (Å²) in [4.78, 5) is 12.1. The molecule has 2 aromatic rings. The third kappa shape index (κ3) is 4.62. The van der Waals surface area contributed by atoms with Crippen molar-refractivity contribution < 1.29 is 27.6 Å². The third-order valence-corrected chi connectivity index (χ3v) is 3.63. The highest BCUT2D eigenvalue weighted by Crippen LogP contribution is 2.36. The Balaban J connectivity index is 2.20. The summed E-state index contributed by atoms with van der Waals surface area (Å²) in [5.74, 6) is -0.443. The van der Waals surface area contributed by atoms with Crippen molar-refractivity contribution in [1.82, 2.24) is 4.57 Å². The van der Waals surface area contributed by atoms with E-state index in [0.29, 0.717) is 0 Å². The number of aromatic hydroxyl groups is 1. The van der Waals surface area contributed by atoms with Crippen LogP contribution in [-0.4, -0.2) is 37.4 Å². The summed E-state index contributed by atoms with van der Waals surface area (Å²) in [6, 6.07) is 2.52. The molecule has 1 aromatic heterocycles. The Hall–Kier alpha value is -2.75. The van der Waals surface area contributed by atoms with Gasteiger partial charge in [0.25, 0.3) is 5.91 Å². The van der Waals surface area contributed by atoms with Crippen LogP contribution in [0.5, 0.6) is 11.5 Å². The Morgan fingerprint density at radius 2 is 2.08 bits per heavy atom. The van der Waals surface area contributed by atoms with Crippen molar-refractivity contribution in [3.8, 4) is 11.5 Å². The topological polar surface area (TPSA) is 114 Å². The molecule has 24 heavy (non-hydrogen) atoms. The first-order chi connectivity index (χ1) is 11.2. The number of carbonyl (C=O) groups excluding carboxylic acids is 1. The largest absolute Gasteiger partial charge is 0.506 e. The number of aromatic nitrogens is 2. The van der Waals surface area contributed by atoms with Crippen LogP contribution in [0, 0.1) is 0 Å². The van der Waals surface area contributed by atoms with E-state index in [-0.39, 0.29) is 35.3 Å². The highest BCUT2D eigenvalue weighted by Gasteiger charge is 2.16. The molecule has 0 aliphatic heterocycles. The molecule has 0 atom stereocenters. The van der Waals surface area contributed by atoms with Crippen LogP contribution in [0.15, 0.2) is 30.9 Å². The fraction of sp³-hybridized carbons (Fsp3) is 0.286. The van der Waals surface area contributed by atoms with Gasteiger partial charge in [0.2, 0.25) is 16.4 Å². The Labute approximate surface area is 139 Å². The molecule has 1 aromatic carbocycles. The van der Waals surface area contributed by atoms with Gasteiger partial charge in [0.1, 0.15) is 23.9 Å². The Bertz CT molecular complexity index is 860. The number of anilines is 2. The number of ether oxygens (including phenoxy) is 1. The van der Waals surface area contributed by atoms with Crippen molar-refractivity contribution in [2.24, 2.45) is 7.05 Å². The molecule has 0 saturated carbocycles. The quantitative estimate of drug-likeness (QED) is 0.500. The van der Waals surface area contributed by atoms with Crippen LogP contribution in [0.3, 0.4) is 0 Å². The van der Waals surface area contributed by atoms with E-state index in [1.165, 1.54) is 19.2 Å². The van der Waals surface area contributed by atoms with Crippen LogP contribution in [-0.2, 0) is 28.4 Å². The van der Waals surface area contributed by atoms with Gasteiger partial charge < -0.3 is 15.2 Å². The zero-order valence-electron chi connectivity index (χ0n) is 13.5. The zero-order chi connectivity index (χ0) is 17.9. The van der Waals surface area contributed by atoms with E-state index in [2.05, 4.69) is 10.0 Å². The minimum absolute atomic E-state index is 0.0372. The summed E-state index contributed by atoms with van der Waals surface area (Å²) in [5, 5.41) is 12.6. The number of hydrogen-bond donors (Lipinski definition) is 3. The van der Waals surface area contributed by atoms with Gasteiger partial charge in [-0.05, 0) is 0 Å². The van der Waals surface area contributed by atoms with Crippen LogP contribution in [0.1, 0.15) is 0 Å². The first kappa shape index (κ1) is 17.6. The van der Waals surface area contributed by atoms with E-state index in [4.69, 9.17) is 4.74 Å². The fourth-order valence-electron chi connectivity index (χ4n) is 2.07. The summed E-state index contributed by atoms with van der Waals surface area (Å²) >= 11 is 0. The lowest BCUT2D eigenvalue weighted by Crippen LogP contribution is -2.25. The number of amides is 1. The lowest BCUT2D eigenvalue weighted by atomic mass is 10.2. The molecule has 1 heterocycles. The average Bonchev–Trinajstić information content (AvgIpc) is 2.85. The van der Waals surface area contributed by atoms with Gasteiger partial charge in [0.05, 0.1) is 31.8 Å². The summed E-state index contributed by atoms with van der Waals surface area (Å²) in [7, 11) is -0.348. The normalized spacial score (nSPS) is 11.1. The molecule has 0 radical (unpaired) electrons. The standard InChI is InChI=1S/C14H18N4O5S/c1-17-4-5-18(9-17)8-14(20)15-11-6-12(19)10(7-13(11)23-2)16-24(3,21)22/h4-7,9,16H,8H2,1-3H3,(H-,15,19,20)/p+1. The van der Waals surface area contributed by atoms with Gasteiger partial charge in [0, 0.05) is 12.1 Å². The van der Waals surface area contributed by atoms with Gasteiger partial charge in [0.15, 0.2) is 6.54 Å². The van der Waals surface area contributed by atoms with Gasteiger partial charge in [-0.3, -0.25) is 9.52 Å². The van der Waals surface area contributed by atoms with Crippen molar-refractivity contribution in [2.75, 3.05) is 23.4 Å². The molecule has 3 N–H and O–H groups in total. The molecule has 9 nitrogen and oxygen atoms in total. The minimum Gasteiger partial charge on any atom is -0.506 e. The molecule has 10 heteroatoms. The number of phenolic OH excluding ortho intramolecular Hbond substituents is 1. The Kier molecular flexibility index (Phi) is 4.98. The molecule has 0 saturated heterocycles. The molecule has 130 valence electrons. The summed E-state index contributed by atoms with van der Waals surface area (Å²) < 4.78 is 33.4. The van der Waals surface area contributed by atoms with Crippen LogP contribution in [0.25, 0.3) is 0 Å². The summed E-state index contributed by atoms with van der Waals surface area (Å²) in [5.41, 5.74) is 0.195. The number of imidazole rings is 1. The first-order valence-electron chi connectivity index (χ1n) is 6.87. The number of carbonyl (C=O) groups is 1. The van der Waals surface area contributed by atoms with E-state index in [0.717, 1.165) is 6.26 Å². The molecular formula is C14H19N4O5S+. The third-order valence-electron chi connectivity index (χ3n) is 3.04. The number of rotatable bonds is 6. The van der Waals surface area contributed by atoms with Gasteiger partial charge >= 0.3 is 0 Å². The number of sulfonamides is 1. The van der Waals surface area contributed by atoms with Gasteiger partial charge in [-0.1, -0.05) is 0 Å². The summed E-state index contributed by atoms with van der Waals surface area (Å²) in [6.07, 6.45) is 6.25. The van der Waals surface area contributed by atoms with Crippen LogP contribution >= 0.6 is 0 Å². The molecule has 0 bridgehead atoms. The van der Waals surface area contributed by atoms with Crippen LogP contribution in [0.4, 0.5) is 11.4 Å². The molecule has 0 aliphatic rings.